The minimum Gasteiger partial charge on any atom is -0.493 e. The summed E-state index contributed by atoms with van der Waals surface area (Å²) in [4.78, 5) is 46.8. The Balaban J connectivity index is 1.99. The van der Waals surface area contributed by atoms with Gasteiger partial charge in [-0.3, -0.25) is 14.4 Å². The predicted octanol–water partition coefficient (Wildman–Crippen LogP) is 1.57. The SMILES string of the molecule is COc1ccc([C@@H](C)NC(=O)c2ccccc2CNC(=O)CNC(=O)/C=C/C(=O)O)cc1OC. The van der Waals surface area contributed by atoms with E-state index in [1.807, 2.05) is 13.0 Å². The smallest absolute Gasteiger partial charge is 0.328 e. The summed E-state index contributed by atoms with van der Waals surface area (Å²) in [5.74, 6) is -1.66. The van der Waals surface area contributed by atoms with Crippen LogP contribution in [0.5, 0.6) is 11.5 Å². The van der Waals surface area contributed by atoms with Crippen molar-refractivity contribution in [2.24, 2.45) is 0 Å². The van der Waals surface area contributed by atoms with Crippen LogP contribution in [-0.4, -0.2) is 49.6 Å². The van der Waals surface area contributed by atoms with Crippen LogP contribution in [0.1, 0.15) is 34.5 Å². The molecule has 10 heteroatoms. The maximum Gasteiger partial charge on any atom is 0.328 e. The average Bonchev–Trinajstić information content (AvgIpc) is 2.84. The lowest BCUT2D eigenvalue weighted by Crippen LogP contribution is -2.36. The molecule has 4 N–H and O–H groups in total. The summed E-state index contributed by atoms with van der Waals surface area (Å²) < 4.78 is 10.6. The summed E-state index contributed by atoms with van der Waals surface area (Å²) in [7, 11) is 3.08. The molecule has 2 aromatic rings. The van der Waals surface area contributed by atoms with Crippen molar-refractivity contribution in [3.63, 3.8) is 0 Å². The Bertz CT molecular complexity index is 1080. The normalized spacial score (nSPS) is 11.4. The Morgan fingerprint density at radius 1 is 0.971 bits per heavy atom. The fraction of sp³-hybridized carbons (Fsp3) is 0.250. The van der Waals surface area contributed by atoms with Gasteiger partial charge in [-0.15, -0.1) is 0 Å². The molecule has 0 spiro atoms. The summed E-state index contributed by atoms with van der Waals surface area (Å²) in [6.07, 6.45) is 1.49. The highest BCUT2D eigenvalue weighted by atomic mass is 16.5. The first-order valence-electron chi connectivity index (χ1n) is 10.3. The quantitative estimate of drug-likeness (QED) is 0.366. The number of hydrogen-bond donors (Lipinski definition) is 4. The number of hydrogen-bond acceptors (Lipinski definition) is 6. The number of carbonyl (C=O) groups excluding carboxylic acids is 3. The number of benzene rings is 2. The van der Waals surface area contributed by atoms with Crippen molar-refractivity contribution in [3.05, 3.63) is 71.3 Å². The van der Waals surface area contributed by atoms with Gasteiger partial charge in [0.25, 0.3) is 5.91 Å². The van der Waals surface area contributed by atoms with E-state index in [0.29, 0.717) is 28.7 Å². The van der Waals surface area contributed by atoms with E-state index in [9.17, 15) is 19.2 Å². The van der Waals surface area contributed by atoms with Crippen LogP contribution in [0.25, 0.3) is 0 Å². The van der Waals surface area contributed by atoms with E-state index < -0.39 is 17.8 Å². The third-order valence-electron chi connectivity index (χ3n) is 4.79. The van der Waals surface area contributed by atoms with Gasteiger partial charge in [-0.2, -0.15) is 0 Å². The maximum absolute atomic E-state index is 12.9. The zero-order valence-electron chi connectivity index (χ0n) is 19.1. The van der Waals surface area contributed by atoms with E-state index >= 15 is 0 Å². The first-order chi connectivity index (χ1) is 16.2. The monoisotopic (exact) mass is 469 g/mol. The molecule has 0 unspecified atom stereocenters. The summed E-state index contributed by atoms with van der Waals surface area (Å²) >= 11 is 0. The molecule has 0 heterocycles. The zero-order valence-corrected chi connectivity index (χ0v) is 19.1. The molecule has 0 fully saturated rings. The Hall–Kier alpha value is -4.34. The van der Waals surface area contributed by atoms with Crippen molar-refractivity contribution in [1.82, 2.24) is 16.0 Å². The lowest BCUT2D eigenvalue weighted by molar-refractivity contribution is -0.131. The Morgan fingerprint density at radius 3 is 2.35 bits per heavy atom. The molecule has 2 aromatic carbocycles. The van der Waals surface area contributed by atoms with Crippen LogP contribution < -0.4 is 25.4 Å². The van der Waals surface area contributed by atoms with Gasteiger partial charge in [0, 0.05) is 24.3 Å². The number of amides is 3. The lowest BCUT2D eigenvalue weighted by atomic mass is 10.0. The Morgan fingerprint density at radius 2 is 1.68 bits per heavy atom. The van der Waals surface area contributed by atoms with Gasteiger partial charge in [0.1, 0.15) is 0 Å². The third kappa shape index (κ3) is 7.66. The molecule has 0 aliphatic heterocycles. The number of nitrogens with one attached hydrogen (secondary N) is 3. The highest BCUT2D eigenvalue weighted by Crippen LogP contribution is 2.30. The molecular formula is C24H27N3O7. The van der Waals surface area contributed by atoms with Crippen LogP contribution in [0.4, 0.5) is 0 Å². The number of carboxylic acids is 1. The molecule has 0 saturated carbocycles. The molecule has 3 amide bonds. The van der Waals surface area contributed by atoms with Crippen molar-refractivity contribution >= 4 is 23.7 Å². The molecule has 0 aliphatic rings. The van der Waals surface area contributed by atoms with Crippen molar-refractivity contribution in [2.45, 2.75) is 19.5 Å². The third-order valence-corrected chi connectivity index (χ3v) is 4.79. The molecule has 34 heavy (non-hydrogen) atoms. The van der Waals surface area contributed by atoms with Crippen LogP contribution in [0.3, 0.4) is 0 Å². The molecule has 2 rings (SSSR count). The molecule has 0 aromatic heterocycles. The Labute approximate surface area is 196 Å². The van der Waals surface area contributed by atoms with Crippen molar-refractivity contribution < 1.29 is 33.8 Å². The van der Waals surface area contributed by atoms with E-state index in [-0.39, 0.29) is 25.0 Å². The van der Waals surface area contributed by atoms with Crippen LogP contribution in [0, 0.1) is 0 Å². The molecule has 0 saturated heterocycles. The van der Waals surface area contributed by atoms with Gasteiger partial charge in [-0.05, 0) is 36.2 Å². The number of ether oxygens (including phenoxy) is 2. The molecule has 0 bridgehead atoms. The summed E-state index contributed by atoms with van der Waals surface area (Å²) in [5.41, 5.74) is 1.80. The molecule has 0 radical (unpaired) electrons. The molecule has 180 valence electrons. The number of aliphatic carboxylic acids is 1. The topological polar surface area (TPSA) is 143 Å². The molecule has 10 nitrogen and oxygen atoms in total. The van der Waals surface area contributed by atoms with Crippen molar-refractivity contribution in [2.75, 3.05) is 20.8 Å². The van der Waals surface area contributed by atoms with Crippen LogP contribution in [0.2, 0.25) is 0 Å². The standard InChI is InChI=1S/C24H27N3O7/c1-15(16-8-9-19(33-2)20(12-16)34-3)27-24(32)18-7-5-4-6-17(18)13-25-22(29)14-26-21(28)10-11-23(30)31/h4-12,15H,13-14H2,1-3H3,(H,25,29)(H,26,28)(H,27,32)(H,30,31)/b11-10+/t15-/m1/s1. The maximum atomic E-state index is 12.9. The van der Waals surface area contributed by atoms with E-state index in [1.54, 1.807) is 43.5 Å². The zero-order chi connectivity index (χ0) is 25.1. The summed E-state index contributed by atoms with van der Waals surface area (Å²) in [6.45, 7) is 1.56. The fourth-order valence-electron chi connectivity index (χ4n) is 3.01. The Kier molecular flexibility index (Phi) is 9.63. The first-order valence-corrected chi connectivity index (χ1v) is 10.3. The number of rotatable bonds is 11. The van der Waals surface area contributed by atoms with Gasteiger partial charge >= 0.3 is 5.97 Å². The number of carboxylic acid groups (broad SMARTS) is 1. The second-order valence-electron chi connectivity index (χ2n) is 7.13. The largest absolute Gasteiger partial charge is 0.493 e. The second-order valence-corrected chi connectivity index (χ2v) is 7.13. The van der Waals surface area contributed by atoms with Crippen LogP contribution in [-0.2, 0) is 20.9 Å². The van der Waals surface area contributed by atoms with Crippen molar-refractivity contribution in [1.29, 1.82) is 0 Å². The highest BCUT2D eigenvalue weighted by molar-refractivity contribution is 5.97. The minimum absolute atomic E-state index is 0.0635. The first kappa shape index (κ1) is 25.9. The second kappa shape index (κ2) is 12.6. The van der Waals surface area contributed by atoms with Gasteiger partial charge in [0.15, 0.2) is 11.5 Å². The van der Waals surface area contributed by atoms with Crippen LogP contribution >= 0.6 is 0 Å². The molecule has 1 atom stereocenters. The summed E-state index contributed by atoms with van der Waals surface area (Å²) in [6, 6.07) is 11.9. The number of carbonyl (C=O) groups is 4. The fourth-order valence-corrected chi connectivity index (χ4v) is 3.01. The number of methoxy groups -OCH3 is 2. The van der Waals surface area contributed by atoms with Gasteiger partial charge in [0.05, 0.1) is 26.8 Å². The average molecular weight is 469 g/mol. The molecule has 0 aliphatic carbocycles. The summed E-state index contributed by atoms with van der Waals surface area (Å²) in [5, 5.41) is 16.3. The lowest BCUT2D eigenvalue weighted by Gasteiger charge is -2.18. The van der Waals surface area contributed by atoms with E-state index in [0.717, 1.165) is 11.6 Å². The van der Waals surface area contributed by atoms with E-state index in [1.165, 1.54) is 7.11 Å². The van der Waals surface area contributed by atoms with E-state index in [4.69, 9.17) is 14.6 Å². The van der Waals surface area contributed by atoms with Gasteiger partial charge in [-0.1, -0.05) is 24.3 Å². The van der Waals surface area contributed by atoms with Crippen molar-refractivity contribution in [3.8, 4) is 11.5 Å². The van der Waals surface area contributed by atoms with Gasteiger partial charge in [0.2, 0.25) is 11.8 Å². The van der Waals surface area contributed by atoms with Gasteiger partial charge < -0.3 is 30.5 Å². The van der Waals surface area contributed by atoms with Crippen LogP contribution in [0.15, 0.2) is 54.6 Å². The molecular weight excluding hydrogens is 442 g/mol. The van der Waals surface area contributed by atoms with E-state index in [2.05, 4.69) is 16.0 Å². The predicted molar refractivity (Wildman–Crippen MR) is 124 cm³/mol. The van der Waals surface area contributed by atoms with Gasteiger partial charge in [-0.25, -0.2) is 4.79 Å². The minimum atomic E-state index is -1.27. The highest BCUT2D eigenvalue weighted by Gasteiger charge is 2.16.